The monoisotopic (exact) mass is 308 g/mol. The van der Waals surface area contributed by atoms with E-state index in [-0.39, 0.29) is 5.91 Å². The molecule has 2 aromatic rings. The Morgan fingerprint density at radius 2 is 2.15 bits per heavy atom. The second-order valence-corrected chi connectivity index (χ2v) is 6.63. The van der Waals surface area contributed by atoms with Crippen LogP contribution in [0.3, 0.4) is 0 Å². The number of rotatable bonds is 5. The summed E-state index contributed by atoms with van der Waals surface area (Å²) in [5.41, 5.74) is 6.71. The number of nitrogens with one attached hydrogen (secondary N) is 1. The lowest BCUT2D eigenvalue weighted by molar-refractivity contribution is -0.115. The molecule has 0 saturated carbocycles. The van der Waals surface area contributed by atoms with Gasteiger partial charge >= 0.3 is 0 Å². The van der Waals surface area contributed by atoms with Gasteiger partial charge in [0, 0.05) is 4.88 Å². The third-order valence-corrected chi connectivity index (χ3v) is 4.87. The number of hydrogen-bond donors (Lipinski definition) is 2. The molecule has 20 heavy (non-hydrogen) atoms. The highest BCUT2D eigenvalue weighted by atomic mass is 32.1. The number of amides is 2. The Morgan fingerprint density at radius 1 is 1.40 bits per heavy atom. The summed E-state index contributed by atoms with van der Waals surface area (Å²) in [6.45, 7) is 4.07. The van der Waals surface area contributed by atoms with Gasteiger partial charge in [-0.1, -0.05) is 13.8 Å². The number of anilines is 1. The molecule has 6 heteroatoms. The smallest absolute Gasteiger partial charge is 0.251 e. The molecule has 0 unspecified atom stereocenters. The summed E-state index contributed by atoms with van der Waals surface area (Å²) in [5.74, 6) is -0.359. The molecule has 2 heterocycles. The number of thiophene rings is 2. The highest BCUT2D eigenvalue weighted by Gasteiger charge is 2.17. The van der Waals surface area contributed by atoms with Gasteiger partial charge in [-0.3, -0.25) is 9.59 Å². The third kappa shape index (κ3) is 3.46. The second kappa shape index (κ2) is 6.19. The van der Waals surface area contributed by atoms with E-state index in [0.29, 0.717) is 22.9 Å². The average molecular weight is 308 g/mol. The molecule has 2 amide bonds. The summed E-state index contributed by atoms with van der Waals surface area (Å²) in [6, 6.07) is 3.67. The van der Waals surface area contributed by atoms with Crippen molar-refractivity contribution in [2.45, 2.75) is 26.2 Å². The molecule has 0 aromatic carbocycles. The minimum absolute atomic E-state index is 0.136. The summed E-state index contributed by atoms with van der Waals surface area (Å²) in [6.07, 6.45) is 0.302. The van der Waals surface area contributed by atoms with Crippen LogP contribution >= 0.6 is 22.7 Å². The molecular weight excluding hydrogens is 292 g/mol. The molecule has 0 spiro atoms. The first kappa shape index (κ1) is 14.7. The topological polar surface area (TPSA) is 72.2 Å². The van der Waals surface area contributed by atoms with Gasteiger partial charge in [-0.25, -0.2) is 0 Å². The SMILES string of the molecule is CC(C)c1cc(C(N)=O)c(NC(=O)Cc2ccsc2)s1. The minimum atomic E-state index is -0.515. The average Bonchev–Trinajstić information content (AvgIpc) is 2.98. The van der Waals surface area contributed by atoms with Gasteiger partial charge in [0.05, 0.1) is 12.0 Å². The van der Waals surface area contributed by atoms with Crippen LogP contribution in [0, 0.1) is 0 Å². The maximum absolute atomic E-state index is 12.0. The molecule has 0 atom stereocenters. The van der Waals surface area contributed by atoms with Crippen LogP contribution in [0.1, 0.15) is 40.6 Å². The summed E-state index contributed by atoms with van der Waals surface area (Å²) in [4.78, 5) is 24.4. The van der Waals surface area contributed by atoms with Gasteiger partial charge < -0.3 is 11.1 Å². The van der Waals surface area contributed by atoms with Crippen molar-refractivity contribution in [1.29, 1.82) is 0 Å². The van der Waals surface area contributed by atoms with Crippen LogP contribution in [0.5, 0.6) is 0 Å². The fourth-order valence-electron chi connectivity index (χ4n) is 1.72. The van der Waals surface area contributed by atoms with E-state index >= 15 is 0 Å². The van der Waals surface area contributed by atoms with Crippen LogP contribution in [-0.2, 0) is 11.2 Å². The Bertz CT molecular complexity index is 615. The molecule has 0 saturated heterocycles. The number of nitrogens with two attached hydrogens (primary N) is 1. The van der Waals surface area contributed by atoms with Gasteiger partial charge in [0.2, 0.25) is 5.91 Å². The molecule has 0 aliphatic heterocycles. The standard InChI is InChI=1S/C14H16N2O2S2/c1-8(2)11-6-10(13(15)18)14(20-11)16-12(17)5-9-3-4-19-7-9/h3-4,6-8H,5H2,1-2H3,(H2,15,18)(H,16,17). The van der Waals surface area contributed by atoms with Gasteiger partial charge in [0.25, 0.3) is 5.91 Å². The normalized spacial score (nSPS) is 10.8. The Labute approximate surface area is 125 Å². The lowest BCUT2D eigenvalue weighted by Crippen LogP contribution is -2.17. The van der Waals surface area contributed by atoms with Gasteiger partial charge in [0.15, 0.2) is 0 Å². The quantitative estimate of drug-likeness (QED) is 0.890. The molecule has 0 radical (unpaired) electrons. The predicted molar refractivity (Wildman–Crippen MR) is 83.6 cm³/mol. The summed E-state index contributed by atoms with van der Waals surface area (Å²) in [7, 11) is 0. The van der Waals surface area contributed by atoms with E-state index in [1.165, 1.54) is 11.3 Å². The van der Waals surface area contributed by atoms with Crippen molar-refractivity contribution in [2.75, 3.05) is 5.32 Å². The summed E-state index contributed by atoms with van der Waals surface area (Å²) < 4.78 is 0. The molecule has 0 bridgehead atoms. The molecule has 2 rings (SSSR count). The van der Waals surface area contributed by atoms with Crippen LogP contribution in [0.15, 0.2) is 22.9 Å². The zero-order chi connectivity index (χ0) is 14.7. The molecule has 2 aromatic heterocycles. The fraction of sp³-hybridized carbons (Fsp3) is 0.286. The summed E-state index contributed by atoms with van der Waals surface area (Å²) >= 11 is 2.96. The lowest BCUT2D eigenvalue weighted by atomic mass is 10.1. The molecule has 106 valence electrons. The molecule has 4 nitrogen and oxygen atoms in total. The van der Waals surface area contributed by atoms with Crippen molar-refractivity contribution >= 4 is 39.5 Å². The largest absolute Gasteiger partial charge is 0.366 e. The van der Waals surface area contributed by atoms with Crippen molar-refractivity contribution in [3.05, 3.63) is 38.9 Å². The first-order valence-corrected chi connectivity index (χ1v) is 7.97. The number of carbonyl (C=O) groups excluding carboxylic acids is 2. The van der Waals surface area contributed by atoms with E-state index in [2.05, 4.69) is 5.32 Å². The Morgan fingerprint density at radius 3 is 2.70 bits per heavy atom. The zero-order valence-electron chi connectivity index (χ0n) is 11.3. The first-order valence-electron chi connectivity index (χ1n) is 6.22. The van der Waals surface area contributed by atoms with E-state index in [9.17, 15) is 9.59 Å². The predicted octanol–water partition coefficient (Wildman–Crippen LogP) is 3.21. The Hall–Kier alpha value is -1.66. The van der Waals surface area contributed by atoms with Crippen LogP contribution in [-0.4, -0.2) is 11.8 Å². The summed E-state index contributed by atoms with van der Waals surface area (Å²) in [5, 5.41) is 7.19. The van der Waals surface area contributed by atoms with Crippen molar-refractivity contribution in [2.24, 2.45) is 5.73 Å². The maximum atomic E-state index is 12.0. The second-order valence-electron chi connectivity index (χ2n) is 4.77. The maximum Gasteiger partial charge on any atom is 0.251 e. The van der Waals surface area contributed by atoms with Crippen LogP contribution in [0.2, 0.25) is 0 Å². The van der Waals surface area contributed by atoms with Crippen LogP contribution < -0.4 is 11.1 Å². The molecular formula is C14H16N2O2S2. The van der Waals surface area contributed by atoms with E-state index in [1.807, 2.05) is 30.7 Å². The van der Waals surface area contributed by atoms with Gasteiger partial charge in [-0.15, -0.1) is 11.3 Å². The Kier molecular flexibility index (Phi) is 4.57. The number of primary amides is 1. The van der Waals surface area contributed by atoms with E-state index in [4.69, 9.17) is 5.73 Å². The van der Waals surface area contributed by atoms with E-state index in [0.717, 1.165) is 10.4 Å². The third-order valence-electron chi connectivity index (χ3n) is 2.78. The lowest BCUT2D eigenvalue weighted by Gasteiger charge is -2.03. The van der Waals surface area contributed by atoms with Gasteiger partial charge in [0.1, 0.15) is 5.00 Å². The highest BCUT2D eigenvalue weighted by Crippen LogP contribution is 2.32. The molecule has 0 aliphatic carbocycles. The van der Waals surface area contributed by atoms with Crippen LogP contribution in [0.4, 0.5) is 5.00 Å². The number of carbonyl (C=O) groups is 2. The van der Waals surface area contributed by atoms with Crippen LogP contribution in [0.25, 0.3) is 0 Å². The van der Waals surface area contributed by atoms with Crippen molar-refractivity contribution in [3.63, 3.8) is 0 Å². The zero-order valence-corrected chi connectivity index (χ0v) is 12.9. The van der Waals surface area contributed by atoms with E-state index in [1.54, 1.807) is 17.4 Å². The first-order chi connectivity index (χ1) is 9.47. The van der Waals surface area contributed by atoms with Crippen molar-refractivity contribution in [3.8, 4) is 0 Å². The highest BCUT2D eigenvalue weighted by molar-refractivity contribution is 7.16. The molecule has 3 N–H and O–H groups in total. The molecule has 0 fully saturated rings. The van der Waals surface area contributed by atoms with Gasteiger partial charge in [-0.2, -0.15) is 11.3 Å². The van der Waals surface area contributed by atoms with E-state index < -0.39 is 5.91 Å². The van der Waals surface area contributed by atoms with Crippen molar-refractivity contribution in [1.82, 2.24) is 0 Å². The molecule has 0 aliphatic rings. The van der Waals surface area contributed by atoms with Crippen molar-refractivity contribution < 1.29 is 9.59 Å². The van der Waals surface area contributed by atoms with Gasteiger partial charge in [-0.05, 0) is 34.4 Å². The Balaban J connectivity index is 2.15. The fourth-order valence-corrected chi connectivity index (χ4v) is 3.47. The number of hydrogen-bond acceptors (Lipinski definition) is 4. The minimum Gasteiger partial charge on any atom is -0.366 e.